The minimum Gasteiger partial charge on any atom is -0.457 e. The molecule has 0 saturated carbocycles. The van der Waals surface area contributed by atoms with Gasteiger partial charge in [0.15, 0.2) is 12.6 Å². The van der Waals surface area contributed by atoms with Gasteiger partial charge in [-0.3, -0.25) is 0 Å². The summed E-state index contributed by atoms with van der Waals surface area (Å²) < 4.78 is 21.2. The highest BCUT2D eigenvalue weighted by Crippen LogP contribution is 2.15. The summed E-state index contributed by atoms with van der Waals surface area (Å²) in [5.41, 5.74) is 0.359. The van der Waals surface area contributed by atoms with Crippen molar-refractivity contribution >= 4 is 5.97 Å². The molecule has 0 aromatic carbocycles. The van der Waals surface area contributed by atoms with E-state index in [1.165, 1.54) is 0 Å². The van der Waals surface area contributed by atoms with Gasteiger partial charge in [0.25, 0.3) is 0 Å². The molecule has 0 aromatic rings. The van der Waals surface area contributed by atoms with Crippen LogP contribution in [0.5, 0.6) is 0 Å². The molecule has 0 N–H and O–H groups in total. The second-order valence-electron chi connectivity index (χ2n) is 3.84. The van der Waals surface area contributed by atoms with Crippen molar-refractivity contribution in [2.75, 3.05) is 19.8 Å². The third-order valence-electron chi connectivity index (χ3n) is 2.24. The summed E-state index contributed by atoms with van der Waals surface area (Å²) >= 11 is 0. The number of hydrogen-bond acceptors (Lipinski definition) is 5. The zero-order valence-corrected chi connectivity index (χ0v) is 10.4. The largest absolute Gasteiger partial charge is 0.457 e. The highest BCUT2D eigenvalue weighted by Gasteiger charge is 2.22. The van der Waals surface area contributed by atoms with E-state index in [1.807, 2.05) is 6.92 Å². The van der Waals surface area contributed by atoms with E-state index in [0.717, 1.165) is 12.8 Å². The molecule has 1 aliphatic rings. The molecule has 2 unspecified atom stereocenters. The lowest BCUT2D eigenvalue weighted by molar-refractivity contribution is -0.243. The maximum absolute atomic E-state index is 11.2. The molecule has 1 aliphatic heterocycles. The lowest BCUT2D eigenvalue weighted by Gasteiger charge is -2.21. The Hall–Kier alpha value is -0.910. The van der Waals surface area contributed by atoms with Gasteiger partial charge < -0.3 is 18.9 Å². The molecule has 1 fully saturated rings. The Bertz CT molecular complexity index is 258. The predicted octanol–water partition coefficient (Wildman–Crippen LogP) is 1.62. The molecule has 1 saturated heterocycles. The van der Waals surface area contributed by atoms with Crippen molar-refractivity contribution in [2.24, 2.45) is 0 Å². The second-order valence-corrected chi connectivity index (χ2v) is 3.84. The van der Waals surface area contributed by atoms with E-state index in [9.17, 15) is 4.79 Å². The molecule has 0 aromatic heterocycles. The fourth-order valence-corrected chi connectivity index (χ4v) is 1.40. The average Bonchev–Trinajstić information content (AvgIpc) is 2.78. The summed E-state index contributed by atoms with van der Waals surface area (Å²) in [6.45, 7) is 8.20. The van der Waals surface area contributed by atoms with Gasteiger partial charge in [0.2, 0.25) is 0 Å². The Labute approximate surface area is 102 Å². The van der Waals surface area contributed by atoms with Crippen LogP contribution in [0.3, 0.4) is 0 Å². The van der Waals surface area contributed by atoms with Gasteiger partial charge in [0, 0.05) is 25.2 Å². The van der Waals surface area contributed by atoms with Gasteiger partial charge >= 0.3 is 5.97 Å². The van der Waals surface area contributed by atoms with Crippen LogP contribution < -0.4 is 0 Å². The third-order valence-corrected chi connectivity index (χ3v) is 2.24. The molecule has 1 rings (SSSR count). The van der Waals surface area contributed by atoms with E-state index < -0.39 is 12.3 Å². The highest BCUT2D eigenvalue weighted by molar-refractivity contribution is 5.86. The Balaban J connectivity index is 2.31. The molecule has 0 spiro atoms. The SMILES string of the molecule is C=C(C)C(=O)OCC(OCC)OC1CCCO1. The minimum atomic E-state index is -0.577. The van der Waals surface area contributed by atoms with Gasteiger partial charge in [-0.1, -0.05) is 6.58 Å². The third kappa shape index (κ3) is 5.30. The number of ether oxygens (including phenoxy) is 4. The Kier molecular flexibility index (Phi) is 6.18. The van der Waals surface area contributed by atoms with Gasteiger partial charge in [-0.25, -0.2) is 4.79 Å². The second kappa shape index (κ2) is 7.42. The number of hydrogen-bond donors (Lipinski definition) is 0. The summed E-state index contributed by atoms with van der Waals surface area (Å²) in [7, 11) is 0. The zero-order chi connectivity index (χ0) is 12.7. The number of esters is 1. The van der Waals surface area contributed by atoms with E-state index in [-0.39, 0.29) is 12.9 Å². The quantitative estimate of drug-likeness (QED) is 0.387. The topological polar surface area (TPSA) is 54.0 Å². The summed E-state index contributed by atoms with van der Waals surface area (Å²) in [5, 5.41) is 0. The molecule has 1 heterocycles. The van der Waals surface area contributed by atoms with Crippen LogP contribution in [0.15, 0.2) is 12.2 Å². The molecular formula is C12H20O5. The molecule has 0 radical (unpaired) electrons. The maximum Gasteiger partial charge on any atom is 0.333 e. The Morgan fingerprint density at radius 1 is 1.59 bits per heavy atom. The van der Waals surface area contributed by atoms with Crippen molar-refractivity contribution < 1.29 is 23.7 Å². The molecule has 5 heteroatoms. The van der Waals surface area contributed by atoms with Crippen LogP contribution in [-0.2, 0) is 23.7 Å². The zero-order valence-electron chi connectivity index (χ0n) is 10.4. The van der Waals surface area contributed by atoms with E-state index in [4.69, 9.17) is 18.9 Å². The first-order valence-electron chi connectivity index (χ1n) is 5.84. The van der Waals surface area contributed by atoms with Crippen molar-refractivity contribution in [3.8, 4) is 0 Å². The smallest absolute Gasteiger partial charge is 0.333 e. The standard InChI is InChI=1S/C12H20O5/c1-4-14-11(8-16-12(13)9(2)3)17-10-6-5-7-15-10/h10-11H,2,4-8H2,1,3H3. The molecule has 0 aliphatic carbocycles. The average molecular weight is 244 g/mol. The summed E-state index contributed by atoms with van der Waals surface area (Å²) in [4.78, 5) is 11.2. The summed E-state index contributed by atoms with van der Waals surface area (Å²) in [6.07, 6.45) is 0.994. The highest BCUT2D eigenvalue weighted by atomic mass is 16.8. The van der Waals surface area contributed by atoms with Gasteiger partial charge in [0.1, 0.15) is 6.61 Å². The number of rotatable bonds is 7. The van der Waals surface area contributed by atoms with Crippen LogP contribution in [0.4, 0.5) is 0 Å². The van der Waals surface area contributed by atoms with E-state index in [0.29, 0.717) is 18.8 Å². The van der Waals surface area contributed by atoms with Gasteiger partial charge in [0.05, 0.1) is 0 Å². The monoisotopic (exact) mass is 244 g/mol. The summed E-state index contributed by atoms with van der Waals surface area (Å²) in [5.74, 6) is -0.439. The molecule has 98 valence electrons. The first-order chi connectivity index (χ1) is 8.13. The first-order valence-corrected chi connectivity index (χ1v) is 5.84. The van der Waals surface area contributed by atoms with Crippen molar-refractivity contribution in [1.82, 2.24) is 0 Å². The van der Waals surface area contributed by atoms with Crippen LogP contribution in [0, 0.1) is 0 Å². The summed E-state index contributed by atoms with van der Waals surface area (Å²) in [6, 6.07) is 0. The predicted molar refractivity (Wildman–Crippen MR) is 61.2 cm³/mol. The maximum atomic E-state index is 11.2. The van der Waals surface area contributed by atoms with Crippen LogP contribution in [0.25, 0.3) is 0 Å². The van der Waals surface area contributed by atoms with Gasteiger partial charge in [-0.05, 0) is 20.3 Å². The molecule has 2 atom stereocenters. The Morgan fingerprint density at radius 2 is 2.35 bits per heavy atom. The van der Waals surface area contributed by atoms with Gasteiger partial charge in [-0.2, -0.15) is 0 Å². The van der Waals surface area contributed by atoms with Crippen molar-refractivity contribution in [1.29, 1.82) is 0 Å². The molecule has 0 amide bonds. The molecular weight excluding hydrogens is 224 g/mol. The van der Waals surface area contributed by atoms with Crippen molar-refractivity contribution in [2.45, 2.75) is 39.3 Å². The van der Waals surface area contributed by atoms with Crippen LogP contribution in [0.1, 0.15) is 26.7 Å². The molecule has 5 nitrogen and oxygen atoms in total. The van der Waals surface area contributed by atoms with E-state index >= 15 is 0 Å². The van der Waals surface area contributed by atoms with Crippen LogP contribution in [0.2, 0.25) is 0 Å². The molecule has 17 heavy (non-hydrogen) atoms. The first kappa shape index (κ1) is 14.2. The van der Waals surface area contributed by atoms with E-state index in [2.05, 4.69) is 6.58 Å². The lowest BCUT2D eigenvalue weighted by atomic mass is 10.3. The van der Waals surface area contributed by atoms with Crippen LogP contribution in [-0.4, -0.2) is 38.4 Å². The normalized spacial score (nSPS) is 21.2. The van der Waals surface area contributed by atoms with E-state index in [1.54, 1.807) is 6.92 Å². The number of carbonyl (C=O) groups is 1. The van der Waals surface area contributed by atoms with Crippen LogP contribution >= 0.6 is 0 Å². The van der Waals surface area contributed by atoms with Gasteiger partial charge in [-0.15, -0.1) is 0 Å². The van der Waals surface area contributed by atoms with Crippen molar-refractivity contribution in [3.63, 3.8) is 0 Å². The fraction of sp³-hybridized carbons (Fsp3) is 0.750. The Morgan fingerprint density at radius 3 is 2.88 bits per heavy atom. The number of carbonyl (C=O) groups excluding carboxylic acids is 1. The lowest BCUT2D eigenvalue weighted by Crippen LogP contribution is -2.30. The van der Waals surface area contributed by atoms with Crippen molar-refractivity contribution in [3.05, 3.63) is 12.2 Å². The molecule has 0 bridgehead atoms. The minimum absolute atomic E-state index is 0.0550. The fourth-order valence-electron chi connectivity index (χ4n) is 1.40.